The molecule has 0 fully saturated rings. The van der Waals surface area contributed by atoms with Gasteiger partial charge in [0.1, 0.15) is 5.75 Å². The van der Waals surface area contributed by atoms with Crippen LogP contribution < -0.4 is 10.1 Å². The van der Waals surface area contributed by atoms with E-state index in [-0.39, 0.29) is 5.60 Å². The predicted molar refractivity (Wildman–Crippen MR) is 72.2 cm³/mol. The molecular weight excluding hydrogens is 238 g/mol. The molecule has 96 valence electrons. The van der Waals surface area contributed by atoms with E-state index >= 15 is 0 Å². The highest BCUT2D eigenvalue weighted by atomic mass is 35.5. The maximum absolute atomic E-state index is 6.02. The summed E-state index contributed by atoms with van der Waals surface area (Å²) in [6.07, 6.45) is 0. The molecule has 0 saturated heterocycles. The first-order valence-corrected chi connectivity index (χ1v) is 6.01. The topological polar surface area (TPSA) is 30.5 Å². The van der Waals surface area contributed by atoms with Gasteiger partial charge in [0.25, 0.3) is 0 Å². The summed E-state index contributed by atoms with van der Waals surface area (Å²) in [5.41, 5.74) is 0.868. The third kappa shape index (κ3) is 5.29. The summed E-state index contributed by atoms with van der Waals surface area (Å²) in [5, 5.41) is 3.85. The molecule has 4 heteroatoms. The van der Waals surface area contributed by atoms with Crippen LogP contribution in [0.2, 0.25) is 5.02 Å². The molecule has 1 N–H and O–H groups in total. The molecule has 1 aromatic rings. The van der Waals surface area contributed by atoms with Crippen LogP contribution in [0.15, 0.2) is 18.2 Å². The molecule has 0 heterocycles. The zero-order valence-electron chi connectivity index (χ0n) is 10.8. The van der Waals surface area contributed by atoms with Gasteiger partial charge in [0.05, 0.1) is 24.3 Å². The molecule has 0 amide bonds. The Hall–Kier alpha value is -0.930. The lowest BCUT2D eigenvalue weighted by atomic mass is 10.2. The van der Waals surface area contributed by atoms with Crippen LogP contribution >= 0.6 is 11.6 Å². The third-order valence-corrected chi connectivity index (χ3v) is 2.41. The van der Waals surface area contributed by atoms with E-state index in [0.29, 0.717) is 17.4 Å². The molecule has 0 unspecified atom stereocenters. The number of nitrogens with one attached hydrogen (secondary N) is 1. The van der Waals surface area contributed by atoms with Crippen molar-refractivity contribution in [3.05, 3.63) is 23.2 Å². The number of ether oxygens (including phenoxy) is 2. The predicted octanol–water partition coefficient (Wildman–Crippen LogP) is 3.58. The molecule has 0 bridgehead atoms. The van der Waals surface area contributed by atoms with Crippen LogP contribution in [0.25, 0.3) is 0 Å². The Morgan fingerprint density at radius 1 is 1.29 bits per heavy atom. The summed E-state index contributed by atoms with van der Waals surface area (Å²) in [6.45, 7) is 7.53. The van der Waals surface area contributed by atoms with Crippen LogP contribution in [0.3, 0.4) is 0 Å². The van der Waals surface area contributed by atoms with Gasteiger partial charge in [-0.3, -0.25) is 0 Å². The van der Waals surface area contributed by atoms with Gasteiger partial charge in [0.15, 0.2) is 0 Å². The highest BCUT2D eigenvalue weighted by Gasteiger charge is 2.09. The number of hydrogen-bond acceptors (Lipinski definition) is 3. The largest absolute Gasteiger partial charge is 0.495 e. The maximum atomic E-state index is 6.02. The van der Waals surface area contributed by atoms with Crippen molar-refractivity contribution in [1.29, 1.82) is 0 Å². The molecule has 0 aliphatic rings. The SMILES string of the molecule is COc1ccc(NCCOC(C)(C)C)cc1Cl. The first kappa shape index (κ1) is 14.1. The normalized spacial score (nSPS) is 11.4. The van der Waals surface area contributed by atoms with E-state index in [2.05, 4.69) is 5.32 Å². The van der Waals surface area contributed by atoms with Gasteiger partial charge in [-0.1, -0.05) is 11.6 Å². The van der Waals surface area contributed by atoms with E-state index in [9.17, 15) is 0 Å². The van der Waals surface area contributed by atoms with Gasteiger partial charge in [-0.05, 0) is 39.0 Å². The van der Waals surface area contributed by atoms with Gasteiger partial charge in [-0.15, -0.1) is 0 Å². The Balaban J connectivity index is 2.40. The monoisotopic (exact) mass is 257 g/mol. The number of hydrogen-bond donors (Lipinski definition) is 1. The van der Waals surface area contributed by atoms with Crippen LogP contribution in [0.4, 0.5) is 5.69 Å². The zero-order valence-corrected chi connectivity index (χ0v) is 11.6. The number of halogens is 1. The summed E-state index contributed by atoms with van der Waals surface area (Å²) in [6, 6.07) is 5.62. The molecule has 0 radical (unpaired) electrons. The Morgan fingerprint density at radius 3 is 2.53 bits per heavy atom. The number of rotatable bonds is 5. The lowest BCUT2D eigenvalue weighted by molar-refractivity contribution is 0.00333. The highest BCUT2D eigenvalue weighted by Crippen LogP contribution is 2.26. The summed E-state index contributed by atoms with van der Waals surface area (Å²) in [7, 11) is 1.60. The van der Waals surface area contributed by atoms with E-state index in [1.54, 1.807) is 7.11 Å². The highest BCUT2D eigenvalue weighted by molar-refractivity contribution is 6.32. The summed E-state index contributed by atoms with van der Waals surface area (Å²) >= 11 is 6.02. The average molecular weight is 258 g/mol. The van der Waals surface area contributed by atoms with E-state index in [0.717, 1.165) is 12.2 Å². The van der Waals surface area contributed by atoms with Gasteiger partial charge in [0, 0.05) is 12.2 Å². The van der Waals surface area contributed by atoms with Crippen LogP contribution in [0, 0.1) is 0 Å². The lowest BCUT2D eigenvalue weighted by Crippen LogP contribution is -2.23. The Labute approximate surface area is 108 Å². The second-order valence-electron chi connectivity index (χ2n) is 4.74. The number of anilines is 1. The van der Waals surface area contributed by atoms with Crippen molar-refractivity contribution in [2.75, 3.05) is 25.6 Å². The second-order valence-corrected chi connectivity index (χ2v) is 5.14. The molecule has 0 aliphatic heterocycles. The molecule has 0 saturated carbocycles. The average Bonchev–Trinajstić information content (AvgIpc) is 2.23. The van der Waals surface area contributed by atoms with Crippen LogP contribution in [0.5, 0.6) is 5.75 Å². The summed E-state index contributed by atoms with van der Waals surface area (Å²) in [4.78, 5) is 0. The zero-order chi connectivity index (χ0) is 12.9. The van der Waals surface area contributed by atoms with Gasteiger partial charge in [-0.25, -0.2) is 0 Å². The van der Waals surface area contributed by atoms with Crippen molar-refractivity contribution in [1.82, 2.24) is 0 Å². The van der Waals surface area contributed by atoms with Crippen molar-refractivity contribution >= 4 is 17.3 Å². The van der Waals surface area contributed by atoms with Crippen molar-refractivity contribution in [2.24, 2.45) is 0 Å². The van der Waals surface area contributed by atoms with Crippen molar-refractivity contribution in [2.45, 2.75) is 26.4 Å². The van der Waals surface area contributed by atoms with Crippen LogP contribution in [-0.2, 0) is 4.74 Å². The molecule has 0 atom stereocenters. The standard InChI is InChI=1S/C13H20ClNO2/c1-13(2,3)17-8-7-15-10-5-6-12(16-4)11(14)9-10/h5-6,9,15H,7-8H2,1-4H3. The number of benzene rings is 1. The molecule has 17 heavy (non-hydrogen) atoms. The Bertz CT molecular complexity index is 361. The second kappa shape index (κ2) is 6.12. The first-order valence-electron chi connectivity index (χ1n) is 5.64. The van der Waals surface area contributed by atoms with Gasteiger partial charge < -0.3 is 14.8 Å². The lowest BCUT2D eigenvalue weighted by Gasteiger charge is -2.19. The fourth-order valence-electron chi connectivity index (χ4n) is 1.33. The molecular formula is C13H20ClNO2. The van der Waals surface area contributed by atoms with Crippen molar-refractivity contribution in [3.8, 4) is 5.75 Å². The molecule has 3 nitrogen and oxygen atoms in total. The maximum Gasteiger partial charge on any atom is 0.137 e. The number of methoxy groups -OCH3 is 1. The first-order chi connectivity index (χ1) is 7.92. The van der Waals surface area contributed by atoms with Crippen molar-refractivity contribution in [3.63, 3.8) is 0 Å². The van der Waals surface area contributed by atoms with E-state index < -0.39 is 0 Å². The minimum Gasteiger partial charge on any atom is -0.495 e. The van der Waals surface area contributed by atoms with E-state index in [1.165, 1.54) is 0 Å². The fourth-order valence-corrected chi connectivity index (χ4v) is 1.59. The van der Waals surface area contributed by atoms with Crippen molar-refractivity contribution < 1.29 is 9.47 Å². The Kier molecular flexibility index (Phi) is 5.09. The molecule has 0 spiro atoms. The quantitative estimate of drug-likeness (QED) is 0.818. The molecule has 0 aromatic heterocycles. The van der Waals surface area contributed by atoms with Gasteiger partial charge in [-0.2, -0.15) is 0 Å². The smallest absolute Gasteiger partial charge is 0.137 e. The van der Waals surface area contributed by atoms with Gasteiger partial charge in [0.2, 0.25) is 0 Å². The molecule has 1 aromatic carbocycles. The van der Waals surface area contributed by atoms with Crippen LogP contribution in [0.1, 0.15) is 20.8 Å². The third-order valence-electron chi connectivity index (χ3n) is 2.12. The summed E-state index contributed by atoms with van der Waals surface area (Å²) < 4.78 is 10.7. The fraction of sp³-hybridized carbons (Fsp3) is 0.538. The minimum absolute atomic E-state index is 0.0980. The summed E-state index contributed by atoms with van der Waals surface area (Å²) in [5.74, 6) is 0.683. The van der Waals surface area contributed by atoms with E-state index in [1.807, 2.05) is 39.0 Å². The van der Waals surface area contributed by atoms with Gasteiger partial charge >= 0.3 is 0 Å². The Morgan fingerprint density at radius 2 is 2.00 bits per heavy atom. The minimum atomic E-state index is -0.0980. The van der Waals surface area contributed by atoms with Crippen LogP contribution in [-0.4, -0.2) is 25.9 Å². The molecule has 1 rings (SSSR count). The van der Waals surface area contributed by atoms with E-state index in [4.69, 9.17) is 21.1 Å². The molecule has 0 aliphatic carbocycles.